The first-order chi connectivity index (χ1) is 16.9. The SMILES string of the molecule is O=C(COc1ccc(CCCC=NOCc2ccc(C(F)(F)F)nc2)cc1)NCC1C=COCC1. The van der Waals surface area contributed by atoms with Crippen LogP contribution in [0, 0.1) is 5.92 Å². The Morgan fingerprint density at radius 1 is 1.20 bits per heavy atom. The Morgan fingerprint density at radius 2 is 2.00 bits per heavy atom. The van der Waals surface area contributed by atoms with Crippen LogP contribution in [0.5, 0.6) is 5.75 Å². The van der Waals surface area contributed by atoms with Gasteiger partial charge >= 0.3 is 6.18 Å². The van der Waals surface area contributed by atoms with Gasteiger partial charge in [-0.2, -0.15) is 13.2 Å². The predicted molar refractivity (Wildman–Crippen MR) is 124 cm³/mol. The molecule has 1 amide bonds. The van der Waals surface area contributed by atoms with Crippen LogP contribution in [0.2, 0.25) is 0 Å². The molecule has 1 N–H and O–H groups in total. The summed E-state index contributed by atoms with van der Waals surface area (Å²) in [6.45, 7) is 1.25. The highest BCUT2D eigenvalue weighted by Gasteiger charge is 2.31. The number of hydrogen-bond donors (Lipinski definition) is 1. The van der Waals surface area contributed by atoms with E-state index in [1.165, 1.54) is 6.07 Å². The second-order valence-corrected chi connectivity index (χ2v) is 7.99. The van der Waals surface area contributed by atoms with E-state index in [1.54, 1.807) is 12.5 Å². The molecule has 1 aliphatic heterocycles. The molecule has 7 nitrogen and oxygen atoms in total. The van der Waals surface area contributed by atoms with Crippen LogP contribution >= 0.6 is 0 Å². The largest absolute Gasteiger partial charge is 0.501 e. The van der Waals surface area contributed by atoms with Crippen molar-refractivity contribution in [3.05, 3.63) is 71.8 Å². The molecule has 188 valence electrons. The number of nitrogens with zero attached hydrogens (tertiary/aromatic N) is 2. The first-order valence-corrected chi connectivity index (χ1v) is 11.3. The molecule has 0 spiro atoms. The fraction of sp³-hybridized carbons (Fsp3) is 0.400. The van der Waals surface area contributed by atoms with Crippen LogP contribution in [0.25, 0.3) is 0 Å². The number of benzene rings is 1. The fourth-order valence-electron chi connectivity index (χ4n) is 3.21. The Labute approximate surface area is 202 Å². The Bertz CT molecular complexity index is 977. The number of carbonyl (C=O) groups excluding carboxylic acids is 1. The summed E-state index contributed by atoms with van der Waals surface area (Å²) in [6, 6.07) is 9.80. The van der Waals surface area contributed by atoms with Gasteiger partial charge in [0.2, 0.25) is 0 Å². The summed E-state index contributed by atoms with van der Waals surface area (Å²) in [6.07, 6.45) is 5.17. The van der Waals surface area contributed by atoms with E-state index in [0.29, 0.717) is 36.8 Å². The number of ether oxygens (including phenoxy) is 2. The van der Waals surface area contributed by atoms with Crippen molar-refractivity contribution in [2.24, 2.45) is 11.1 Å². The number of amides is 1. The molecule has 35 heavy (non-hydrogen) atoms. The summed E-state index contributed by atoms with van der Waals surface area (Å²) < 4.78 is 48.1. The van der Waals surface area contributed by atoms with Gasteiger partial charge in [-0.25, -0.2) is 0 Å². The summed E-state index contributed by atoms with van der Waals surface area (Å²) in [5, 5.41) is 6.69. The molecular weight excluding hydrogens is 463 g/mol. The first-order valence-electron chi connectivity index (χ1n) is 11.3. The molecule has 1 aromatic carbocycles. The monoisotopic (exact) mass is 491 g/mol. The Morgan fingerprint density at radius 3 is 2.69 bits per heavy atom. The number of aromatic nitrogens is 1. The molecule has 0 saturated heterocycles. The lowest BCUT2D eigenvalue weighted by atomic mass is 10.1. The van der Waals surface area contributed by atoms with E-state index in [9.17, 15) is 18.0 Å². The van der Waals surface area contributed by atoms with Gasteiger partial charge in [0.25, 0.3) is 5.91 Å². The zero-order valence-corrected chi connectivity index (χ0v) is 19.2. The third kappa shape index (κ3) is 9.68. The second kappa shape index (κ2) is 13.4. The van der Waals surface area contributed by atoms with Crippen molar-refractivity contribution in [2.75, 3.05) is 19.8 Å². The molecular formula is C25H28F3N3O4. The van der Waals surface area contributed by atoms with E-state index in [2.05, 4.69) is 15.5 Å². The molecule has 0 saturated carbocycles. The molecule has 0 radical (unpaired) electrons. The molecule has 0 aliphatic carbocycles. The molecule has 0 fully saturated rings. The van der Waals surface area contributed by atoms with E-state index in [0.717, 1.165) is 37.1 Å². The number of oxime groups is 1. The smallest absolute Gasteiger partial charge is 0.433 e. The van der Waals surface area contributed by atoms with Crippen LogP contribution in [-0.4, -0.2) is 36.9 Å². The van der Waals surface area contributed by atoms with Gasteiger partial charge in [-0.15, -0.1) is 0 Å². The highest BCUT2D eigenvalue weighted by atomic mass is 19.4. The number of nitrogens with one attached hydrogen (secondary N) is 1. The van der Waals surface area contributed by atoms with Crippen LogP contribution in [0.3, 0.4) is 0 Å². The van der Waals surface area contributed by atoms with Crippen LogP contribution in [0.15, 0.2) is 60.1 Å². The maximum absolute atomic E-state index is 12.5. The predicted octanol–water partition coefficient (Wildman–Crippen LogP) is 4.67. The minimum atomic E-state index is -4.45. The third-order valence-electron chi connectivity index (χ3n) is 5.20. The van der Waals surface area contributed by atoms with E-state index in [4.69, 9.17) is 14.3 Å². The third-order valence-corrected chi connectivity index (χ3v) is 5.20. The summed E-state index contributed by atoms with van der Waals surface area (Å²) in [5.41, 5.74) is 0.693. The summed E-state index contributed by atoms with van der Waals surface area (Å²) >= 11 is 0. The summed E-state index contributed by atoms with van der Waals surface area (Å²) in [4.78, 5) is 20.4. The van der Waals surface area contributed by atoms with Crippen molar-refractivity contribution < 1.29 is 32.3 Å². The van der Waals surface area contributed by atoms with E-state index < -0.39 is 11.9 Å². The maximum atomic E-state index is 12.5. The molecule has 1 unspecified atom stereocenters. The van der Waals surface area contributed by atoms with Gasteiger partial charge in [0.05, 0.1) is 12.9 Å². The van der Waals surface area contributed by atoms with Gasteiger partial charge in [0, 0.05) is 30.4 Å². The molecule has 2 aromatic rings. The molecule has 1 atom stereocenters. The molecule has 2 heterocycles. The lowest BCUT2D eigenvalue weighted by Crippen LogP contribution is -2.33. The van der Waals surface area contributed by atoms with Gasteiger partial charge in [0.1, 0.15) is 18.1 Å². The lowest BCUT2D eigenvalue weighted by Gasteiger charge is -2.17. The first kappa shape index (κ1) is 26.1. The van der Waals surface area contributed by atoms with E-state index >= 15 is 0 Å². The lowest BCUT2D eigenvalue weighted by molar-refractivity contribution is -0.141. The second-order valence-electron chi connectivity index (χ2n) is 7.99. The number of rotatable bonds is 12. The average Bonchev–Trinajstić information content (AvgIpc) is 2.87. The van der Waals surface area contributed by atoms with Gasteiger partial charge in [-0.3, -0.25) is 9.78 Å². The number of carbonyl (C=O) groups is 1. The molecule has 3 rings (SSSR count). The fourth-order valence-corrected chi connectivity index (χ4v) is 3.21. The van der Waals surface area contributed by atoms with Gasteiger partial charge in [0.15, 0.2) is 6.61 Å². The van der Waals surface area contributed by atoms with Crippen LogP contribution in [-0.2, 0) is 33.6 Å². The quantitative estimate of drug-likeness (QED) is 0.265. The van der Waals surface area contributed by atoms with Crippen molar-refractivity contribution in [2.45, 2.75) is 38.5 Å². The molecule has 1 aromatic heterocycles. The minimum absolute atomic E-state index is 0.0364. The molecule has 10 heteroatoms. The van der Waals surface area contributed by atoms with Gasteiger partial charge in [-0.1, -0.05) is 23.4 Å². The maximum Gasteiger partial charge on any atom is 0.433 e. The Hall–Kier alpha value is -3.56. The Kier molecular flexibility index (Phi) is 9.94. The van der Waals surface area contributed by atoms with Gasteiger partial charge in [-0.05, 0) is 55.5 Å². The average molecular weight is 492 g/mol. The summed E-state index contributed by atoms with van der Waals surface area (Å²) in [7, 11) is 0. The highest BCUT2D eigenvalue weighted by Crippen LogP contribution is 2.27. The van der Waals surface area contributed by atoms with Crippen LogP contribution < -0.4 is 10.1 Å². The molecule has 0 bridgehead atoms. The van der Waals surface area contributed by atoms with Crippen molar-refractivity contribution >= 4 is 12.1 Å². The van der Waals surface area contributed by atoms with Crippen molar-refractivity contribution in [1.29, 1.82) is 0 Å². The van der Waals surface area contributed by atoms with E-state index in [-0.39, 0.29) is 19.1 Å². The standard InChI is InChI=1S/C25H28F3N3O4/c26-25(27,28)23-9-6-21(16-29-23)17-35-31-12-2-1-3-19-4-7-22(8-5-19)34-18-24(32)30-15-20-10-13-33-14-11-20/h4-10,12-13,16,20H,1-3,11,14-15,17-18H2,(H,30,32). The number of halogens is 3. The topological polar surface area (TPSA) is 82.0 Å². The number of hydrogen-bond acceptors (Lipinski definition) is 6. The number of unbranched alkanes of at least 4 members (excludes halogenated alkanes) is 1. The minimum Gasteiger partial charge on any atom is -0.501 e. The zero-order chi connectivity index (χ0) is 24.9. The van der Waals surface area contributed by atoms with Crippen molar-refractivity contribution in [3.63, 3.8) is 0 Å². The van der Waals surface area contributed by atoms with Crippen molar-refractivity contribution in [1.82, 2.24) is 10.3 Å². The van der Waals surface area contributed by atoms with E-state index in [1.807, 2.05) is 30.3 Å². The van der Waals surface area contributed by atoms with Crippen LogP contribution in [0.4, 0.5) is 13.2 Å². The normalized spacial score (nSPS) is 15.6. The number of alkyl halides is 3. The number of aryl methyl sites for hydroxylation is 1. The Balaban J connectivity index is 1.26. The zero-order valence-electron chi connectivity index (χ0n) is 19.2. The molecule has 1 aliphatic rings. The summed E-state index contributed by atoms with van der Waals surface area (Å²) in [5.74, 6) is 0.757. The van der Waals surface area contributed by atoms with Crippen LogP contribution in [0.1, 0.15) is 36.1 Å². The number of pyridine rings is 1. The van der Waals surface area contributed by atoms with Crippen molar-refractivity contribution in [3.8, 4) is 5.75 Å². The highest BCUT2D eigenvalue weighted by molar-refractivity contribution is 5.77. The van der Waals surface area contributed by atoms with Gasteiger partial charge < -0.3 is 19.6 Å².